The summed E-state index contributed by atoms with van der Waals surface area (Å²) in [7, 11) is 0. The molecule has 0 saturated carbocycles. The molecule has 2 aromatic rings. The molecule has 0 unspecified atom stereocenters. The molecule has 0 N–H and O–H groups in total. The van der Waals surface area contributed by atoms with Crippen molar-refractivity contribution in [2.75, 3.05) is 0 Å². The van der Waals surface area contributed by atoms with Crippen LogP contribution in [0.15, 0.2) is 54.6 Å². The van der Waals surface area contributed by atoms with Gasteiger partial charge in [-0.1, -0.05) is 30.3 Å². The Morgan fingerprint density at radius 2 is 1.75 bits per heavy atom. The van der Waals surface area contributed by atoms with Crippen molar-refractivity contribution in [3.8, 4) is 5.75 Å². The summed E-state index contributed by atoms with van der Waals surface area (Å²) in [4.78, 5) is 10.6. The summed E-state index contributed by atoms with van der Waals surface area (Å²) in [5.41, 5.74) is 1.75. The molecule has 20 heavy (non-hydrogen) atoms. The van der Waals surface area contributed by atoms with Gasteiger partial charge in [0.25, 0.3) is 0 Å². The lowest BCUT2D eigenvalue weighted by Gasteiger charge is -2.06. The van der Waals surface area contributed by atoms with E-state index >= 15 is 0 Å². The molecule has 2 nitrogen and oxygen atoms in total. The fourth-order valence-corrected chi connectivity index (χ4v) is 1.65. The molecular formula is C16H12ClFO2. The Hall–Kier alpha value is -2.13. The first kappa shape index (κ1) is 14.3. The minimum atomic E-state index is -0.512. The topological polar surface area (TPSA) is 26.3 Å². The molecule has 4 heteroatoms. The van der Waals surface area contributed by atoms with Gasteiger partial charge in [0.05, 0.1) is 0 Å². The molecule has 0 radical (unpaired) electrons. The van der Waals surface area contributed by atoms with Gasteiger partial charge in [-0.05, 0) is 53.1 Å². The summed E-state index contributed by atoms with van der Waals surface area (Å²) in [5.74, 6) is 0.433. The summed E-state index contributed by atoms with van der Waals surface area (Å²) in [6.07, 6.45) is 2.91. The third-order valence-electron chi connectivity index (χ3n) is 2.61. The minimum Gasteiger partial charge on any atom is -0.489 e. The second kappa shape index (κ2) is 6.87. The molecule has 2 rings (SSSR count). The molecule has 102 valence electrons. The van der Waals surface area contributed by atoms with Crippen molar-refractivity contribution in [3.05, 3.63) is 71.6 Å². The van der Waals surface area contributed by atoms with Crippen molar-refractivity contribution < 1.29 is 13.9 Å². The average molecular weight is 291 g/mol. The molecule has 0 fully saturated rings. The van der Waals surface area contributed by atoms with Gasteiger partial charge in [-0.15, -0.1) is 0 Å². The Labute approximate surface area is 121 Å². The first-order valence-electron chi connectivity index (χ1n) is 5.98. The van der Waals surface area contributed by atoms with Crippen molar-refractivity contribution in [2.24, 2.45) is 0 Å². The monoisotopic (exact) mass is 290 g/mol. The number of benzene rings is 2. The third-order valence-corrected chi connectivity index (χ3v) is 2.73. The van der Waals surface area contributed by atoms with Crippen LogP contribution in [-0.2, 0) is 11.4 Å². The number of carbonyl (C=O) groups excluding carboxylic acids is 1. The average Bonchev–Trinajstić information content (AvgIpc) is 2.45. The minimum absolute atomic E-state index is 0.265. The third kappa shape index (κ3) is 4.52. The van der Waals surface area contributed by atoms with E-state index in [4.69, 9.17) is 16.3 Å². The normalized spacial score (nSPS) is 10.7. The van der Waals surface area contributed by atoms with Crippen molar-refractivity contribution in [2.45, 2.75) is 6.61 Å². The highest BCUT2D eigenvalue weighted by molar-refractivity contribution is 6.66. The van der Waals surface area contributed by atoms with E-state index in [1.54, 1.807) is 30.3 Å². The molecule has 0 aliphatic carbocycles. The number of hydrogen-bond acceptors (Lipinski definition) is 2. The highest BCUT2D eigenvalue weighted by Crippen LogP contribution is 2.15. The van der Waals surface area contributed by atoms with Crippen LogP contribution in [0.1, 0.15) is 11.1 Å². The molecule has 0 saturated heterocycles. The number of rotatable bonds is 5. The molecule has 0 aromatic heterocycles. The van der Waals surface area contributed by atoms with E-state index in [9.17, 15) is 9.18 Å². The van der Waals surface area contributed by atoms with E-state index in [1.165, 1.54) is 18.2 Å². The Morgan fingerprint density at radius 3 is 2.35 bits per heavy atom. The summed E-state index contributed by atoms with van der Waals surface area (Å²) < 4.78 is 18.3. The SMILES string of the molecule is O=C(Cl)/C=C/c1ccc(OCc2ccc(F)cc2)cc1. The lowest BCUT2D eigenvalue weighted by Crippen LogP contribution is -1.95. The van der Waals surface area contributed by atoms with Crippen LogP contribution in [0.5, 0.6) is 5.75 Å². The van der Waals surface area contributed by atoms with Gasteiger partial charge in [0.1, 0.15) is 18.2 Å². The maximum Gasteiger partial charge on any atom is 0.245 e. The smallest absolute Gasteiger partial charge is 0.245 e. The van der Waals surface area contributed by atoms with Crippen LogP contribution in [0.4, 0.5) is 4.39 Å². The molecule has 2 aromatic carbocycles. The lowest BCUT2D eigenvalue weighted by molar-refractivity contribution is -0.107. The molecule has 0 atom stereocenters. The number of ether oxygens (including phenoxy) is 1. The maximum absolute atomic E-state index is 12.7. The Kier molecular flexibility index (Phi) is 4.91. The molecule has 0 aliphatic heterocycles. The van der Waals surface area contributed by atoms with Crippen molar-refractivity contribution >= 4 is 22.9 Å². The van der Waals surface area contributed by atoms with Crippen LogP contribution in [-0.4, -0.2) is 5.24 Å². The van der Waals surface area contributed by atoms with Crippen molar-refractivity contribution in [3.63, 3.8) is 0 Å². The number of carbonyl (C=O) groups is 1. The molecule has 0 aliphatic rings. The zero-order valence-corrected chi connectivity index (χ0v) is 11.3. The standard InChI is InChI=1S/C16H12ClFO2/c17-16(19)10-5-12-3-8-15(9-4-12)20-11-13-1-6-14(18)7-2-13/h1-10H,11H2/b10-5+. The van der Waals surface area contributed by atoms with Crippen LogP contribution < -0.4 is 4.74 Å². The van der Waals surface area contributed by atoms with Gasteiger partial charge in [-0.25, -0.2) is 4.39 Å². The van der Waals surface area contributed by atoms with E-state index in [1.807, 2.05) is 12.1 Å². The Balaban J connectivity index is 1.93. The summed E-state index contributed by atoms with van der Waals surface area (Å²) >= 11 is 5.21. The van der Waals surface area contributed by atoms with Crippen molar-refractivity contribution in [1.29, 1.82) is 0 Å². The molecule has 0 spiro atoms. The van der Waals surface area contributed by atoms with Gasteiger partial charge in [-0.3, -0.25) is 4.79 Å². The fourth-order valence-electron chi connectivity index (χ4n) is 1.58. The second-order valence-corrected chi connectivity index (χ2v) is 4.49. The van der Waals surface area contributed by atoms with Crippen LogP contribution in [0.2, 0.25) is 0 Å². The zero-order valence-electron chi connectivity index (χ0n) is 10.6. The highest BCUT2D eigenvalue weighted by atomic mass is 35.5. The van der Waals surface area contributed by atoms with E-state index in [0.717, 1.165) is 11.1 Å². The number of hydrogen-bond donors (Lipinski definition) is 0. The van der Waals surface area contributed by atoms with Crippen LogP contribution in [0.3, 0.4) is 0 Å². The fraction of sp³-hybridized carbons (Fsp3) is 0.0625. The molecular weight excluding hydrogens is 279 g/mol. The number of allylic oxidation sites excluding steroid dienone is 1. The van der Waals surface area contributed by atoms with Gasteiger partial charge in [0, 0.05) is 0 Å². The van der Waals surface area contributed by atoms with Gasteiger partial charge < -0.3 is 4.74 Å². The van der Waals surface area contributed by atoms with E-state index < -0.39 is 5.24 Å². The van der Waals surface area contributed by atoms with E-state index in [0.29, 0.717) is 12.4 Å². The quantitative estimate of drug-likeness (QED) is 0.610. The number of halogens is 2. The highest BCUT2D eigenvalue weighted by Gasteiger charge is 1.97. The maximum atomic E-state index is 12.7. The Bertz CT molecular complexity index is 603. The summed E-state index contributed by atoms with van der Waals surface area (Å²) in [6.45, 7) is 0.371. The van der Waals surface area contributed by atoms with Crippen LogP contribution in [0.25, 0.3) is 6.08 Å². The van der Waals surface area contributed by atoms with Crippen LogP contribution >= 0.6 is 11.6 Å². The second-order valence-electron chi connectivity index (χ2n) is 4.12. The predicted molar refractivity (Wildman–Crippen MR) is 77.1 cm³/mol. The van der Waals surface area contributed by atoms with E-state index in [2.05, 4.69) is 0 Å². The first-order valence-corrected chi connectivity index (χ1v) is 6.36. The lowest BCUT2D eigenvalue weighted by atomic mass is 10.2. The van der Waals surface area contributed by atoms with E-state index in [-0.39, 0.29) is 5.82 Å². The molecule has 0 bridgehead atoms. The summed E-state index contributed by atoms with van der Waals surface area (Å²) in [5, 5.41) is -0.512. The molecule has 0 amide bonds. The Morgan fingerprint density at radius 1 is 1.10 bits per heavy atom. The first-order chi connectivity index (χ1) is 9.63. The predicted octanol–water partition coefficient (Wildman–Crippen LogP) is 4.18. The van der Waals surface area contributed by atoms with Crippen molar-refractivity contribution in [1.82, 2.24) is 0 Å². The van der Waals surface area contributed by atoms with Gasteiger partial charge in [-0.2, -0.15) is 0 Å². The summed E-state index contributed by atoms with van der Waals surface area (Å²) in [6, 6.07) is 13.4. The van der Waals surface area contributed by atoms with Gasteiger partial charge in [0.2, 0.25) is 5.24 Å². The van der Waals surface area contributed by atoms with Crippen LogP contribution in [0, 0.1) is 5.82 Å². The van der Waals surface area contributed by atoms with Gasteiger partial charge >= 0.3 is 0 Å². The molecule has 0 heterocycles. The zero-order chi connectivity index (χ0) is 14.4. The van der Waals surface area contributed by atoms with Gasteiger partial charge in [0.15, 0.2) is 0 Å². The largest absolute Gasteiger partial charge is 0.489 e.